The van der Waals surface area contributed by atoms with E-state index in [0.717, 1.165) is 32.0 Å². The zero-order valence-electron chi connectivity index (χ0n) is 11.3. The molecule has 0 unspecified atom stereocenters. The Labute approximate surface area is 125 Å². The van der Waals surface area contributed by atoms with E-state index in [0.29, 0.717) is 16.6 Å². The van der Waals surface area contributed by atoms with Crippen molar-refractivity contribution in [1.29, 1.82) is 0 Å². The number of β-amino-alcohol motifs (C(OH)–C–C–N with tert-alkyl or cyclic N) is 1. The number of hydrogen-bond acceptors (Lipinski definition) is 6. The summed E-state index contributed by atoms with van der Waals surface area (Å²) >= 11 is 3.42. The minimum absolute atomic E-state index is 0.0274. The normalized spacial score (nSPS) is 16.4. The molecule has 0 bridgehead atoms. The SMILES string of the molecule is Cc1c([N+](=O)[O-])cnc(N2CCN(CCO)CC2)c1Br. The van der Waals surface area contributed by atoms with Gasteiger partial charge in [-0.2, -0.15) is 0 Å². The van der Waals surface area contributed by atoms with Gasteiger partial charge >= 0.3 is 0 Å². The average Bonchev–Trinajstić information content (AvgIpc) is 2.43. The third-order valence-electron chi connectivity index (χ3n) is 3.50. The minimum Gasteiger partial charge on any atom is -0.395 e. The molecule has 1 aromatic rings. The summed E-state index contributed by atoms with van der Waals surface area (Å²) in [7, 11) is 0. The van der Waals surface area contributed by atoms with Gasteiger partial charge in [-0.25, -0.2) is 4.98 Å². The van der Waals surface area contributed by atoms with Crippen LogP contribution in [0.25, 0.3) is 0 Å². The van der Waals surface area contributed by atoms with Crippen molar-refractivity contribution in [3.8, 4) is 0 Å². The van der Waals surface area contributed by atoms with Gasteiger partial charge in [0.2, 0.25) is 0 Å². The van der Waals surface area contributed by atoms with Crippen molar-refractivity contribution in [3.05, 3.63) is 26.3 Å². The quantitative estimate of drug-likeness (QED) is 0.652. The van der Waals surface area contributed by atoms with Gasteiger partial charge in [0, 0.05) is 38.3 Å². The Morgan fingerprint density at radius 2 is 2.10 bits per heavy atom. The number of aromatic nitrogens is 1. The fraction of sp³-hybridized carbons (Fsp3) is 0.583. The number of anilines is 1. The van der Waals surface area contributed by atoms with E-state index in [1.165, 1.54) is 6.20 Å². The molecule has 1 N–H and O–H groups in total. The number of nitro groups is 1. The molecule has 0 amide bonds. The second-order valence-electron chi connectivity index (χ2n) is 4.72. The summed E-state index contributed by atoms with van der Waals surface area (Å²) in [5, 5.41) is 19.8. The molecule has 1 aromatic heterocycles. The van der Waals surface area contributed by atoms with Crippen LogP contribution >= 0.6 is 15.9 Å². The van der Waals surface area contributed by atoms with Gasteiger partial charge in [-0.3, -0.25) is 15.0 Å². The second-order valence-corrected chi connectivity index (χ2v) is 5.51. The summed E-state index contributed by atoms with van der Waals surface area (Å²) in [6.45, 7) is 5.86. The van der Waals surface area contributed by atoms with Crippen molar-refractivity contribution >= 4 is 27.4 Å². The monoisotopic (exact) mass is 344 g/mol. The van der Waals surface area contributed by atoms with Crippen LogP contribution in [0.2, 0.25) is 0 Å². The summed E-state index contributed by atoms with van der Waals surface area (Å²) in [5.74, 6) is 0.747. The van der Waals surface area contributed by atoms with Gasteiger partial charge in [0.25, 0.3) is 5.69 Å². The van der Waals surface area contributed by atoms with Crippen LogP contribution in [0.5, 0.6) is 0 Å². The molecule has 0 aliphatic carbocycles. The van der Waals surface area contributed by atoms with E-state index >= 15 is 0 Å². The number of pyridine rings is 1. The molecule has 20 heavy (non-hydrogen) atoms. The molecule has 1 saturated heterocycles. The molecule has 1 aliphatic rings. The summed E-state index contributed by atoms with van der Waals surface area (Å²) in [4.78, 5) is 19.0. The standard InChI is InChI=1S/C12H17BrN4O3/c1-9-10(17(19)20)8-14-12(11(9)13)16-4-2-15(3-5-16)6-7-18/h8,18H,2-7H2,1H3. The van der Waals surface area contributed by atoms with Gasteiger partial charge in [-0.05, 0) is 22.9 Å². The maximum absolute atomic E-state index is 10.9. The first-order valence-corrected chi connectivity index (χ1v) is 7.21. The third-order valence-corrected chi connectivity index (χ3v) is 4.45. The number of rotatable bonds is 4. The first-order chi connectivity index (χ1) is 9.54. The molecule has 0 radical (unpaired) electrons. The molecule has 1 fully saturated rings. The highest BCUT2D eigenvalue weighted by Crippen LogP contribution is 2.33. The Balaban J connectivity index is 2.15. The van der Waals surface area contributed by atoms with Gasteiger partial charge in [0.05, 0.1) is 16.0 Å². The minimum atomic E-state index is -0.421. The Kier molecular flexibility index (Phi) is 4.90. The van der Waals surface area contributed by atoms with Crippen molar-refractivity contribution in [2.24, 2.45) is 0 Å². The van der Waals surface area contributed by atoms with E-state index in [2.05, 4.69) is 30.7 Å². The van der Waals surface area contributed by atoms with E-state index in [4.69, 9.17) is 5.11 Å². The number of aliphatic hydroxyl groups is 1. The summed E-state index contributed by atoms with van der Waals surface area (Å²) in [6, 6.07) is 0. The van der Waals surface area contributed by atoms with Gasteiger partial charge in [0.1, 0.15) is 12.0 Å². The lowest BCUT2D eigenvalue weighted by molar-refractivity contribution is -0.385. The fourth-order valence-electron chi connectivity index (χ4n) is 2.29. The van der Waals surface area contributed by atoms with Crippen molar-refractivity contribution in [2.75, 3.05) is 44.2 Å². The van der Waals surface area contributed by atoms with Crippen LogP contribution in [-0.2, 0) is 0 Å². The number of aliphatic hydroxyl groups excluding tert-OH is 1. The second kappa shape index (κ2) is 6.47. The van der Waals surface area contributed by atoms with Gasteiger partial charge in [0.15, 0.2) is 0 Å². The molecular weight excluding hydrogens is 328 g/mol. The zero-order chi connectivity index (χ0) is 14.7. The Bertz CT molecular complexity index is 504. The molecule has 0 saturated carbocycles. The van der Waals surface area contributed by atoms with Crippen LogP contribution in [0.15, 0.2) is 10.7 Å². The lowest BCUT2D eigenvalue weighted by atomic mass is 10.2. The first kappa shape index (κ1) is 15.1. The van der Waals surface area contributed by atoms with Crippen LogP contribution in [0.1, 0.15) is 5.56 Å². The molecular formula is C12H17BrN4O3. The molecule has 0 aromatic carbocycles. The lowest BCUT2D eigenvalue weighted by Gasteiger charge is -2.35. The fourth-order valence-corrected chi connectivity index (χ4v) is 2.84. The molecule has 0 atom stereocenters. The molecule has 1 aliphatic heterocycles. The topological polar surface area (TPSA) is 82.7 Å². The largest absolute Gasteiger partial charge is 0.395 e. The highest BCUT2D eigenvalue weighted by Gasteiger charge is 2.23. The lowest BCUT2D eigenvalue weighted by Crippen LogP contribution is -2.47. The summed E-state index contributed by atoms with van der Waals surface area (Å²) in [5.41, 5.74) is 0.623. The number of halogens is 1. The van der Waals surface area contributed by atoms with Crippen LogP contribution in [0.4, 0.5) is 11.5 Å². The van der Waals surface area contributed by atoms with Crippen LogP contribution < -0.4 is 4.90 Å². The Morgan fingerprint density at radius 3 is 2.65 bits per heavy atom. The van der Waals surface area contributed by atoms with Gasteiger partial charge < -0.3 is 10.0 Å². The van der Waals surface area contributed by atoms with Crippen LogP contribution in [0.3, 0.4) is 0 Å². The highest BCUT2D eigenvalue weighted by atomic mass is 79.9. The van der Waals surface area contributed by atoms with E-state index in [9.17, 15) is 10.1 Å². The Hall–Kier alpha value is -1.25. The summed E-state index contributed by atoms with van der Waals surface area (Å²) < 4.78 is 0.683. The summed E-state index contributed by atoms with van der Waals surface area (Å²) in [6.07, 6.45) is 1.32. The van der Waals surface area contributed by atoms with E-state index in [1.807, 2.05) is 0 Å². The number of hydrogen-bond donors (Lipinski definition) is 1. The number of piperazine rings is 1. The molecule has 0 spiro atoms. The van der Waals surface area contributed by atoms with E-state index < -0.39 is 4.92 Å². The van der Waals surface area contributed by atoms with Crippen LogP contribution in [-0.4, -0.2) is 59.2 Å². The van der Waals surface area contributed by atoms with Crippen molar-refractivity contribution in [1.82, 2.24) is 9.88 Å². The van der Waals surface area contributed by atoms with E-state index in [-0.39, 0.29) is 12.3 Å². The molecule has 2 heterocycles. The number of nitrogens with zero attached hydrogens (tertiary/aromatic N) is 4. The van der Waals surface area contributed by atoms with E-state index in [1.54, 1.807) is 6.92 Å². The molecule has 7 nitrogen and oxygen atoms in total. The third kappa shape index (κ3) is 3.08. The molecule has 110 valence electrons. The van der Waals surface area contributed by atoms with Gasteiger partial charge in [-0.1, -0.05) is 0 Å². The smallest absolute Gasteiger partial charge is 0.291 e. The highest BCUT2D eigenvalue weighted by molar-refractivity contribution is 9.10. The predicted octanol–water partition coefficient (Wildman–Crippen LogP) is 1.18. The maximum atomic E-state index is 10.9. The maximum Gasteiger partial charge on any atom is 0.291 e. The van der Waals surface area contributed by atoms with Gasteiger partial charge in [-0.15, -0.1) is 0 Å². The van der Waals surface area contributed by atoms with Crippen molar-refractivity contribution in [2.45, 2.75) is 6.92 Å². The zero-order valence-corrected chi connectivity index (χ0v) is 12.8. The van der Waals surface area contributed by atoms with Crippen LogP contribution in [0, 0.1) is 17.0 Å². The first-order valence-electron chi connectivity index (χ1n) is 6.42. The van der Waals surface area contributed by atoms with Crippen molar-refractivity contribution < 1.29 is 10.0 Å². The Morgan fingerprint density at radius 1 is 1.45 bits per heavy atom. The molecule has 8 heteroatoms. The average molecular weight is 345 g/mol. The molecule has 2 rings (SSSR count). The predicted molar refractivity (Wildman–Crippen MR) is 79.1 cm³/mol. The van der Waals surface area contributed by atoms with Crippen molar-refractivity contribution in [3.63, 3.8) is 0 Å².